The fourth-order valence-electron chi connectivity index (χ4n) is 3.95. The van der Waals surface area contributed by atoms with Gasteiger partial charge < -0.3 is 14.7 Å². The number of nitrogens with zero attached hydrogens (tertiary/aromatic N) is 2. The normalized spacial score (nSPS) is 14.7. The summed E-state index contributed by atoms with van der Waals surface area (Å²) >= 11 is 6.24. The number of aromatic amines is 2. The molecule has 4 rings (SSSR count). The van der Waals surface area contributed by atoms with Crippen LogP contribution in [0.15, 0.2) is 34.1 Å². The van der Waals surface area contributed by atoms with Crippen LogP contribution in [0.1, 0.15) is 50.4 Å². The van der Waals surface area contributed by atoms with E-state index in [4.69, 9.17) is 16.5 Å². The van der Waals surface area contributed by atoms with Gasteiger partial charge in [-0.2, -0.15) is 4.31 Å². The standard InChI is InChI=1S/C23H29ClN4O5S/c1-4-11-33-23(30)18-13-25-21-20(18)17-12-16(7-8-19(17)26-22(21)29)34(31,32)28(15-5-6-15)10-9-27(24)14(2)3/h7-8,12-15,25H,4-6,9-11H2,1-3H3,(H,26,29). The van der Waals surface area contributed by atoms with Crippen molar-refractivity contribution in [2.45, 2.75) is 57.0 Å². The van der Waals surface area contributed by atoms with E-state index in [1.54, 1.807) is 10.5 Å². The van der Waals surface area contributed by atoms with Crippen LogP contribution in [-0.4, -0.2) is 64.9 Å². The molecule has 1 aliphatic carbocycles. The number of hydrogen-bond acceptors (Lipinski definition) is 6. The van der Waals surface area contributed by atoms with Crippen LogP contribution in [0.4, 0.5) is 0 Å². The van der Waals surface area contributed by atoms with Gasteiger partial charge in [-0.05, 0) is 63.1 Å². The minimum absolute atomic E-state index is 0.0552. The van der Waals surface area contributed by atoms with Crippen LogP contribution in [0.3, 0.4) is 0 Å². The second-order valence-corrected chi connectivity index (χ2v) is 11.1. The van der Waals surface area contributed by atoms with Crippen LogP contribution in [0.5, 0.6) is 0 Å². The highest BCUT2D eigenvalue weighted by Crippen LogP contribution is 2.34. The van der Waals surface area contributed by atoms with Crippen LogP contribution in [0.25, 0.3) is 21.8 Å². The zero-order valence-electron chi connectivity index (χ0n) is 19.4. The number of carbonyl (C=O) groups excluding carboxylic acids is 1. The molecule has 34 heavy (non-hydrogen) atoms. The number of esters is 1. The van der Waals surface area contributed by atoms with Crippen molar-refractivity contribution in [1.29, 1.82) is 0 Å². The molecule has 184 valence electrons. The van der Waals surface area contributed by atoms with Gasteiger partial charge in [0, 0.05) is 47.7 Å². The average molecular weight is 509 g/mol. The number of aromatic nitrogens is 2. The van der Waals surface area contributed by atoms with Crippen molar-refractivity contribution < 1.29 is 17.9 Å². The van der Waals surface area contributed by atoms with Gasteiger partial charge in [-0.15, -0.1) is 0 Å². The molecule has 1 fully saturated rings. The van der Waals surface area contributed by atoms with E-state index >= 15 is 0 Å². The highest BCUT2D eigenvalue weighted by atomic mass is 35.5. The van der Waals surface area contributed by atoms with E-state index in [2.05, 4.69) is 9.97 Å². The lowest BCUT2D eigenvalue weighted by atomic mass is 10.1. The van der Waals surface area contributed by atoms with Crippen LogP contribution >= 0.6 is 11.8 Å². The van der Waals surface area contributed by atoms with Gasteiger partial charge in [0.05, 0.1) is 17.1 Å². The number of nitrogens with one attached hydrogen (secondary N) is 2. The zero-order valence-corrected chi connectivity index (χ0v) is 21.0. The van der Waals surface area contributed by atoms with Gasteiger partial charge in [-0.25, -0.2) is 17.6 Å². The maximum absolute atomic E-state index is 13.6. The Morgan fingerprint density at radius 2 is 2.00 bits per heavy atom. The summed E-state index contributed by atoms with van der Waals surface area (Å²) < 4.78 is 35.6. The molecular weight excluding hydrogens is 480 g/mol. The Kier molecular flexibility index (Phi) is 7.04. The lowest BCUT2D eigenvalue weighted by Crippen LogP contribution is -2.39. The number of hydrogen-bond donors (Lipinski definition) is 2. The van der Waals surface area contributed by atoms with Gasteiger partial charge in [0.15, 0.2) is 0 Å². The third kappa shape index (κ3) is 4.72. The Labute approximate surface area is 203 Å². The smallest absolute Gasteiger partial charge is 0.340 e. The van der Waals surface area contributed by atoms with Crippen molar-refractivity contribution in [3.63, 3.8) is 0 Å². The molecule has 0 saturated heterocycles. The molecule has 0 atom stereocenters. The molecule has 0 unspecified atom stereocenters. The molecule has 2 aromatic heterocycles. The average Bonchev–Trinajstić information content (AvgIpc) is 3.52. The minimum Gasteiger partial charge on any atom is -0.462 e. The van der Waals surface area contributed by atoms with E-state index in [0.29, 0.717) is 29.3 Å². The number of rotatable bonds is 10. The zero-order chi connectivity index (χ0) is 24.6. The Bertz CT molecular complexity index is 1380. The topological polar surface area (TPSA) is 116 Å². The molecule has 1 aliphatic rings. The van der Waals surface area contributed by atoms with E-state index in [1.165, 1.54) is 22.6 Å². The molecule has 1 aromatic carbocycles. The van der Waals surface area contributed by atoms with Crippen LogP contribution < -0.4 is 5.56 Å². The van der Waals surface area contributed by atoms with Crippen molar-refractivity contribution >= 4 is 49.6 Å². The summed E-state index contributed by atoms with van der Waals surface area (Å²) in [7, 11) is -3.83. The highest BCUT2D eigenvalue weighted by molar-refractivity contribution is 7.89. The first-order valence-corrected chi connectivity index (χ1v) is 13.2. The van der Waals surface area contributed by atoms with Crippen molar-refractivity contribution in [1.82, 2.24) is 18.7 Å². The first kappa shape index (κ1) is 24.7. The molecule has 3 aromatic rings. The van der Waals surface area contributed by atoms with Gasteiger partial charge >= 0.3 is 5.97 Å². The highest BCUT2D eigenvalue weighted by Gasteiger charge is 2.38. The predicted molar refractivity (Wildman–Crippen MR) is 132 cm³/mol. The van der Waals surface area contributed by atoms with Crippen molar-refractivity contribution in [2.75, 3.05) is 19.7 Å². The summed E-state index contributed by atoms with van der Waals surface area (Å²) in [4.78, 5) is 30.9. The molecule has 0 bridgehead atoms. The first-order chi connectivity index (χ1) is 16.1. The second kappa shape index (κ2) is 9.69. The van der Waals surface area contributed by atoms with Gasteiger partial charge in [-0.1, -0.05) is 6.92 Å². The largest absolute Gasteiger partial charge is 0.462 e. The van der Waals surface area contributed by atoms with E-state index in [9.17, 15) is 18.0 Å². The maximum Gasteiger partial charge on any atom is 0.340 e. The van der Waals surface area contributed by atoms with Crippen molar-refractivity contribution in [2.24, 2.45) is 0 Å². The summed E-state index contributed by atoms with van der Waals surface area (Å²) in [5, 5.41) is 0.805. The molecule has 0 amide bonds. The molecule has 2 heterocycles. The number of H-pyrrole nitrogens is 2. The lowest BCUT2D eigenvalue weighted by Gasteiger charge is -2.25. The molecule has 2 N–H and O–H groups in total. The fourth-order valence-corrected chi connectivity index (χ4v) is 5.73. The van der Waals surface area contributed by atoms with Gasteiger partial charge in [-0.3, -0.25) is 4.79 Å². The number of fused-ring (bicyclic) bond motifs is 3. The van der Waals surface area contributed by atoms with E-state index < -0.39 is 21.6 Å². The molecule has 9 nitrogen and oxygen atoms in total. The Balaban J connectivity index is 1.79. The fraction of sp³-hybridized carbons (Fsp3) is 0.478. The summed E-state index contributed by atoms with van der Waals surface area (Å²) in [6.45, 7) is 6.68. The van der Waals surface area contributed by atoms with Crippen molar-refractivity contribution in [3.8, 4) is 0 Å². The second-order valence-electron chi connectivity index (χ2n) is 8.81. The summed E-state index contributed by atoms with van der Waals surface area (Å²) in [5.41, 5.74) is 0.426. The number of sulfonamides is 1. The number of benzene rings is 1. The molecule has 1 saturated carbocycles. The van der Waals surface area contributed by atoms with Crippen LogP contribution in [0, 0.1) is 0 Å². The summed E-state index contributed by atoms with van der Waals surface area (Å²) in [6.07, 6.45) is 3.69. The Hall–Kier alpha value is -2.40. The molecule has 11 heteroatoms. The third-order valence-corrected chi connectivity index (χ3v) is 8.44. The third-order valence-electron chi connectivity index (χ3n) is 5.93. The monoisotopic (exact) mass is 508 g/mol. The molecule has 0 radical (unpaired) electrons. The number of pyridine rings is 1. The Morgan fingerprint density at radius 1 is 1.26 bits per heavy atom. The van der Waals surface area contributed by atoms with Crippen LogP contribution in [-0.2, 0) is 14.8 Å². The van der Waals surface area contributed by atoms with Crippen molar-refractivity contribution in [3.05, 3.63) is 40.3 Å². The summed E-state index contributed by atoms with van der Waals surface area (Å²) in [5.74, 6) is -0.566. The van der Waals surface area contributed by atoms with E-state index in [-0.39, 0.29) is 41.2 Å². The Morgan fingerprint density at radius 3 is 2.65 bits per heavy atom. The SMILES string of the molecule is CCCOC(=O)c1c[nH]c2c(=O)[nH]c3ccc(S(=O)(=O)N(CCN(Cl)C(C)C)C4CC4)cc3c12. The first-order valence-electron chi connectivity index (χ1n) is 11.4. The number of ether oxygens (including phenoxy) is 1. The van der Waals surface area contributed by atoms with Gasteiger partial charge in [0.25, 0.3) is 5.56 Å². The van der Waals surface area contributed by atoms with E-state index in [0.717, 1.165) is 12.8 Å². The molecule has 0 aliphatic heterocycles. The quantitative estimate of drug-likeness (QED) is 0.319. The minimum atomic E-state index is -3.83. The number of halogens is 1. The maximum atomic E-state index is 13.6. The van der Waals surface area contributed by atoms with Crippen LogP contribution in [0.2, 0.25) is 0 Å². The number of carbonyl (C=O) groups is 1. The lowest BCUT2D eigenvalue weighted by molar-refractivity contribution is 0.0507. The summed E-state index contributed by atoms with van der Waals surface area (Å²) in [6, 6.07) is 4.59. The van der Waals surface area contributed by atoms with E-state index in [1.807, 2.05) is 20.8 Å². The molecule has 0 spiro atoms. The van der Waals surface area contributed by atoms with Gasteiger partial charge in [0.1, 0.15) is 5.52 Å². The predicted octanol–water partition coefficient (Wildman–Crippen LogP) is 3.59. The molecular formula is C23H29ClN4O5S. The van der Waals surface area contributed by atoms with Gasteiger partial charge in [0.2, 0.25) is 10.0 Å².